The van der Waals surface area contributed by atoms with Crippen molar-refractivity contribution in [1.82, 2.24) is 24.5 Å². The van der Waals surface area contributed by atoms with Crippen LogP contribution in [-0.4, -0.2) is 42.9 Å². The van der Waals surface area contributed by atoms with Crippen LogP contribution >= 0.6 is 0 Å². The van der Waals surface area contributed by atoms with Crippen LogP contribution in [0.15, 0.2) is 71.8 Å². The van der Waals surface area contributed by atoms with Gasteiger partial charge in [0.1, 0.15) is 6.33 Å². The molecule has 38 heavy (non-hydrogen) atoms. The van der Waals surface area contributed by atoms with E-state index in [-0.39, 0.29) is 37.8 Å². The normalized spacial score (nSPS) is 12.2. The maximum absolute atomic E-state index is 13.6. The number of amides is 1. The van der Waals surface area contributed by atoms with Crippen LogP contribution in [0, 0.1) is 0 Å². The zero-order valence-electron chi connectivity index (χ0n) is 20.0. The number of carbonyl (C=O) groups excluding carboxylic acids is 1. The fourth-order valence-electron chi connectivity index (χ4n) is 4.48. The van der Waals surface area contributed by atoms with Crippen LogP contribution in [0.4, 0.5) is 0 Å². The van der Waals surface area contributed by atoms with Gasteiger partial charge >= 0.3 is 5.97 Å². The number of nitrogens with one attached hydrogen (secondary N) is 1. The van der Waals surface area contributed by atoms with Gasteiger partial charge in [-0.2, -0.15) is 0 Å². The first kappa shape index (κ1) is 23.2. The number of benzene rings is 3. The van der Waals surface area contributed by atoms with Gasteiger partial charge in [-0.05, 0) is 47.0 Å². The summed E-state index contributed by atoms with van der Waals surface area (Å²) < 4.78 is 13.9. The zero-order chi connectivity index (χ0) is 26.2. The van der Waals surface area contributed by atoms with Crippen molar-refractivity contribution in [3.05, 3.63) is 99.6 Å². The molecule has 0 saturated heterocycles. The van der Waals surface area contributed by atoms with Crippen molar-refractivity contribution in [2.75, 3.05) is 6.79 Å². The number of nitrogens with zero attached hydrogens (tertiary/aromatic N) is 4. The maximum Gasteiger partial charge on any atom is 0.307 e. The minimum atomic E-state index is -0.913. The highest BCUT2D eigenvalue weighted by Crippen LogP contribution is 2.32. The van der Waals surface area contributed by atoms with Crippen LogP contribution in [0.5, 0.6) is 11.5 Å². The van der Waals surface area contributed by atoms with Gasteiger partial charge in [0.15, 0.2) is 11.5 Å². The number of aliphatic carboxylic acids is 1. The van der Waals surface area contributed by atoms with Crippen LogP contribution in [0.25, 0.3) is 16.7 Å². The molecular formula is C27H21N5O6. The molecular weight excluding hydrogens is 490 g/mol. The fraction of sp³-hybridized carbons (Fsp3) is 0.148. The molecule has 2 aromatic heterocycles. The van der Waals surface area contributed by atoms with Gasteiger partial charge in [-0.25, -0.2) is 0 Å². The molecule has 5 aromatic rings. The maximum atomic E-state index is 13.6. The summed E-state index contributed by atoms with van der Waals surface area (Å²) >= 11 is 0. The molecule has 0 unspecified atom stereocenters. The second-order valence-corrected chi connectivity index (χ2v) is 8.88. The van der Waals surface area contributed by atoms with Crippen molar-refractivity contribution >= 4 is 28.6 Å². The molecule has 11 nitrogen and oxygen atoms in total. The summed E-state index contributed by atoms with van der Waals surface area (Å²) in [6.45, 7) is 0.653. The number of carboxylic acid groups (broad SMARTS) is 1. The number of carbonyl (C=O) groups is 2. The van der Waals surface area contributed by atoms with E-state index in [1.165, 1.54) is 10.9 Å². The Labute approximate surface area is 214 Å². The minimum absolute atomic E-state index is 0.0792. The number of fused-ring (bicyclic) bond motifs is 4. The van der Waals surface area contributed by atoms with Gasteiger partial charge in [0.05, 0.1) is 23.9 Å². The molecule has 1 amide bonds. The summed E-state index contributed by atoms with van der Waals surface area (Å²) in [5, 5.41) is 20.3. The first-order valence-electron chi connectivity index (χ1n) is 11.8. The van der Waals surface area contributed by atoms with E-state index in [0.717, 1.165) is 11.1 Å². The molecule has 190 valence electrons. The van der Waals surface area contributed by atoms with Crippen LogP contribution in [-0.2, 0) is 24.3 Å². The first-order valence-corrected chi connectivity index (χ1v) is 11.8. The van der Waals surface area contributed by atoms with Gasteiger partial charge < -0.3 is 19.9 Å². The van der Waals surface area contributed by atoms with Crippen LogP contribution < -0.4 is 20.3 Å². The molecule has 11 heteroatoms. The van der Waals surface area contributed by atoms with Crippen molar-refractivity contribution in [2.24, 2.45) is 0 Å². The monoisotopic (exact) mass is 511 g/mol. The lowest BCUT2D eigenvalue weighted by molar-refractivity contribution is -0.136. The van der Waals surface area contributed by atoms with Crippen molar-refractivity contribution < 1.29 is 24.2 Å². The highest BCUT2D eigenvalue weighted by Gasteiger charge is 2.17. The lowest BCUT2D eigenvalue weighted by Crippen LogP contribution is -2.25. The predicted molar refractivity (Wildman–Crippen MR) is 135 cm³/mol. The van der Waals surface area contributed by atoms with E-state index in [2.05, 4.69) is 15.5 Å². The first-order chi connectivity index (χ1) is 18.5. The predicted octanol–water partition coefficient (Wildman–Crippen LogP) is 2.38. The number of carboxylic acids is 1. The van der Waals surface area contributed by atoms with Crippen LogP contribution in [0.3, 0.4) is 0 Å². The Bertz CT molecular complexity index is 1770. The average Bonchev–Trinajstić information content (AvgIpc) is 3.60. The third-order valence-corrected chi connectivity index (χ3v) is 6.37. The number of rotatable bonds is 7. The van der Waals surface area contributed by atoms with Crippen LogP contribution in [0.2, 0.25) is 0 Å². The molecule has 0 bridgehead atoms. The summed E-state index contributed by atoms with van der Waals surface area (Å²) in [5.74, 6) is 0.426. The Morgan fingerprint density at radius 1 is 0.947 bits per heavy atom. The number of ether oxygens (including phenoxy) is 2. The quantitative estimate of drug-likeness (QED) is 0.340. The third kappa shape index (κ3) is 4.30. The molecule has 6 rings (SSSR count). The Morgan fingerprint density at radius 2 is 1.71 bits per heavy atom. The van der Waals surface area contributed by atoms with E-state index >= 15 is 0 Å². The molecule has 1 aliphatic heterocycles. The van der Waals surface area contributed by atoms with E-state index in [1.807, 2.05) is 12.1 Å². The van der Waals surface area contributed by atoms with Gasteiger partial charge in [-0.15, -0.1) is 10.2 Å². The number of aromatic nitrogens is 4. The smallest absolute Gasteiger partial charge is 0.307 e. The Balaban J connectivity index is 1.29. The standard InChI is InChI=1S/C27H21N5O6/c33-24(34)10-16-1-3-17(4-2-16)13-31-26(36)20-11-19(6-7-21(20)32-14-29-30-27(31)32)25(35)28-12-18-5-8-22-23(9-18)38-15-37-22/h1-9,11,14H,10,12-13,15H2,(H,28,35)(H,33,34). The molecule has 0 aliphatic carbocycles. The molecule has 2 N–H and O–H groups in total. The van der Waals surface area contributed by atoms with Crippen molar-refractivity contribution in [3.63, 3.8) is 0 Å². The number of hydrogen-bond donors (Lipinski definition) is 2. The lowest BCUT2D eigenvalue weighted by Gasteiger charge is -2.12. The third-order valence-electron chi connectivity index (χ3n) is 6.37. The van der Waals surface area contributed by atoms with Crippen LogP contribution in [0.1, 0.15) is 27.0 Å². The summed E-state index contributed by atoms with van der Waals surface area (Å²) in [5.41, 5.74) is 2.91. The van der Waals surface area contributed by atoms with Gasteiger partial charge in [-0.3, -0.25) is 23.4 Å². The molecule has 0 radical (unpaired) electrons. The van der Waals surface area contributed by atoms with E-state index in [1.54, 1.807) is 52.9 Å². The van der Waals surface area contributed by atoms with E-state index < -0.39 is 5.97 Å². The summed E-state index contributed by atoms with van der Waals surface area (Å²) in [6.07, 6.45) is 1.44. The molecule has 1 aliphatic rings. The second-order valence-electron chi connectivity index (χ2n) is 8.88. The van der Waals surface area contributed by atoms with Crippen molar-refractivity contribution in [2.45, 2.75) is 19.5 Å². The molecule has 3 heterocycles. The van der Waals surface area contributed by atoms with E-state index in [4.69, 9.17) is 14.6 Å². The molecule has 0 saturated carbocycles. The van der Waals surface area contributed by atoms with Crippen molar-refractivity contribution in [1.29, 1.82) is 0 Å². The second kappa shape index (κ2) is 9.36. The molecule has 3 aromatic carbocycles. The Hall–Kier alpha value is -5.19. The molecule has 0 atom stereocenters. The van der Waals surface area contributed by atoms with Gasteiger partial charge in [0.2, 0.25) is 12.6 Å². The molecule has 0 fully saturated rings. The topological polar surface area (TPSA) is 137 Å². The minimum Gasteiger partial charge on any atom is -0.481 e. The highest BCUT2D eigenvalue weighted by atomic mass is 16.7. The number of hydrogen-bond acceptors (Lipinski definition) is 7. The Morgan fingerprint density at radius 3 is 2.53 bits per heavy atom. The highest BCUT2D eigenvalue weighted by molar-refractivity contribution is 5.98. The molecule has 0 spiro atoms. The summed E-state index contributed by atoms with van der Waals surface area (Å²) in [6, 6.07) is 17.4. The lowest BCUT2D eigenvalue weighted by atomic mass is 10.1. The SMILES string of the molecule is O=C(O)Cc1ccc(Cn2c(=O)c3cc(C(=O)NCc4ccc5c(c4)OCO5)ccc3n3cnnc23)cc1. The van der Waals surface area contributed by atoms with E-state index in [9.17, 15) is 14.4 Å². The summed E-state index contributed by atoms with van der Waals surface area (Å²) in [7, 11) is 0. The largest absolute Gasteiger partial charge is 0.481 e. The van der Waals surface area contributed by atoms with E-state index in [0.29, 0.717) is 39.3 Å². The zero-order valence-corrected chi connectivity index (χ0v) is 20.0. The fourth-order valence-corrected chi connectivity index (χ4v) is 4.48. The van der Waals surface area contributed by atoms with Gasteiger partial charge in [-0.1, -0.05) is 30.3 Å². The Kier molecular flexibility index (Phi) is 5.72. The van der Waals surface area contributed by atoms with Gasteiger partial charge in [0.25, 0.3) is 11.5 Å². The summed E-state index contributed by atoms with van der Waals surface area (Å²) in [4.78, 5) is 37.5. The average molecular weight is 511 g/mol. The van der Waals surface area contributed by atoms with Crippen molar-refractivity contribution in [3.8, 4) is 11.5 Å². The van der Waals surface area contributed by atoms with Gasteiger partial charge in [0, 0.05) is 12.1 Å².